The molecule has 0 amide bonds. The van der Waals surface area contributed by atoms with E-state index < -0.39 is 0 Å². The van der Waals surface area contributed by atoms with Crippen molar-refractivity contribution in [2.45, 2.75) is 25.9 Å². The second-order valence-electron chi connectivity index (χ2n) is 5.07. The maximum absolute atomic E-state index is 5.33. The van der Waals surface area contributed by atoms with Crippen molar-refractivity contribution in [3.05, 3.63) is 54.4 Å². The van der Waals surface area contributed by atoms with Crippen LogP contribution < -0.4 is 10.1 Å². The first kappa shape index (κ1) is 15.3. The Hall–Kier alpha value is -2.07. The van der Waals surface area contributed by atoms with Gasteiger partial charge in [0.2, 0.25) is 0 Å². The van der Waals surface area contributed by atoms with Crippen LogP contribution in [0.25, 0.3) is 6.08 Å². The topological polar surface area (TPSA) is 39.1 Å². The highest BCUT2D eigenvalue weighted by molar-refractivity contribution is 5.57. The van der Waals surface area contributed by atoms with Crippen LogP contribution in [0.2, 0.25) is 0 Å². The summed E-state index contributed by atoms with van der Waals surface area (Å²) in [5.41, 5.74) is 1.09. The summed E-state index contributed by atoms with van der Waals surface area (Å²) >= 11 is 0. The van der Waals surface area contributed by atoms with Gasteiger partial charge in [-0.1, -0.05) is 30.4 Å². The molecule has 21 heavy (non-hydrogen) atoms. The number of ether oxygens (including phenoxy) is 1. The minimum Gasteiger partial charge on any atom is -0.496 e. The number of nitrogens with one attached hydrogen (secondary N) is 1. The van der Waals surface area contributed by atoms with Crippen LogP contribution in [0.4, 0.5) is 0 Å². The van der Waals surface area contributed by atoms with Crippen LogP contribution in [0.1, 0.15) is 25.5 Å². The molecule has 0 aliphatic carbocycles. The zero-order valence-corrected chi connectivity index (χ0v) is 12.9. The molecule has 1 aromatic carbocycles. The van der Waals surface area contributed by atoms with Crippen LogP contribution in [0.15, 0.2) is 48.8 Å². The molecule has 0 unspecified atom stereocenters. The quantitative estimate of drug-likeness (QED) is 0.849. The Morgan fingerprint density at radius 1 is 1.29 bits per heavy atom. The van der Waals surface area contributed by atoms with E-state index >= 15 is 0 Å². The van der Waals surface area contributed by atoms with Crippen LogP contribution in [0.5, 0.6) is 5.75 Å². The fraction of sp³-hybridized carbons (Fsp3) is 0.353. The highest BCUT2D eigenvalue weighted by Gasteiger charge is 2.12. The molecule has 0 spiro atoms. The average molecular weight is 285 g/mol. The minimum atomic E-state index is 0.319. The lowest BCUT2D eigenvalue weighted by atomic mass is 10.1. The first-order valence-corrected chi connectivity index (χ1v) is 7.24. The van der Waals surface area contributed by atoms with Gasteiger partial charge in [0, 0.05) is 30.5 Å². The first-order valence-electron chi connectivity index (χ1n) is 7.24. The number of benzene rings is 1. The molecular weight excluding hydrogens is 262 g/mol. The average Bonchev–Trinajstić information content (AvgIpc) is 3.05. The standard InChI is InChI=1S/C17H23N3O/c1-14(15(2)20-13-7-12-19-20)18-11-6-9-16-8-4-5-10-17(16)21-3/h4-10,12-15,18H,11H2,1-3H3/b9-6-/t14-,15-/m1/s1. The van der Waals surface area contributed by atoms with Gasteiger partial charge in [-0.2, -0.15) is 5.10 Å². The molecule has 0 aliphatic heterocycles. The van der Waals surface area contributed by atoms with Gasteiger partial charge in [0.25, 0.3) is 0 Å². The summed E-state index contributed by atoms with van der Waals surface area (Å²) < 4.78 is 7.30. The summed E-state index contributed by atoms with van der Waals surface area (Å²) in [5, 5.41) is 7.77. The monoisotopic (exact) mass is 285 g/mol. The number of hydrogen-bond donors (Lipinski definition) is 1. The number of methoxy groups -OCH3 is 1. The van der Waals surface area contributed by atoms with Crippen LogP contribution >= 0.6 is 0 Å². The second-order valence-corrected chi connectivity index (χ2v) is 5.07. The molecule has 1 aromatic heterocycles. The molecule has 1 heterocycles. The summed E-state index contributed by atoms with van der Waals surface area (Å²) in [4.78, 5) is 0. The van der Waals surface area contributed by atoms with Crippen molar-refractivity contribution in [2.24, 2.45) is 0 Å². The Morgan fingerprint density at radius 2 is 2.10 bits per heavy atom. The van der Waals surface area contributed by atoms with Gasteiger partial charge in [-0.15, -0.1) is 0 Å². The van der Waals surface area contributed by atoms with E-state index in [1.54, 1.807) is 7.11 Å². The Bertz CT molecular complexity index is 563. The largest absolute Gasteiger partial charge is 0.496 e. The van der Waals surface area contributed by atoms with Crippen molar-refractivity contribution in [2.75, 3.05) is 13.7 Å². The maximum atomic E-state index is 5.33. The number of rotatable bonds is 7. The van der Waals surface area contributed by atoms with Gasteiger partial charge in [-0.3, -0.25) is 4.68 Å². The number of para-hydroxylation sites is 1. The normalized spacial score (nSPS) is 14.2. The van der Waals surface area contributed by atoms with Crippen LogP contribution in [0.3, 0.4) is 0 Å². The van der Waals surface area contributed by atoms with Gasteiger partial charge in [-0.25, -0.2) is 0 Å². The second kappa shape index (κ2) is 7.64. The Morgan fingerprint density at radius 3 is 2.81 bits per heavy atom. The summed E-state index contributed by atoms with van der Waals surface area (Å²) in [6.07, 6.45) is 8.00. The van der Waals surface area contributed by atoms with Gasteiger partial charge in [0.15, 0.2) is 0 Å². The van der Waals surface area contributed by atoms with Gasteiger partial charge < -0.3 is 10.1 Å². The lowest BCUT2D eigenvalue weighted by Crippen LogP contribution is -2.34. The van der Waals surface area contributed by atoms with E-state index in [2.05, 4.69) is 36.4 Å². The van der Waals surface area contributed by atoms with Crippen LogP contribution in [-0.2, 0) is 0 Å². The molecule has 1 N–H and O–H groups in total. The number of aromatic nitrogens is 2. The van der Waals surface area contributed by atoms with E-state index in [-0.39, 0.29) is 0 Å². The lowest BCUT2D eigenvalue weighted by molar-refractivity contribution is 0.376. The summed E-state index contributed by atoms with van der Waals surface area (Å²) in [7, 11) is 1.69. The molecule has 0 fully saturated rings. The summed E-state index contributed by atoms with van der Waals surface area (Å²) in [6, 6.07) is 10.6. The molecule has 0 radical (unpaired) electrons. The molecule has 4 nitrogen and oxygen atoms in total. The summed E-state index contributed by atoms with van der Waals surface area (Å²) in [6.45, 7) is 5.14. The molecule has 2 rings (SSSR count). The highest BCUT2D eigenvalue weighted by atomic mass is 16.5. The molecule has 0 bridgehead atoms. The smallest absolute Gasteiger partial charge is 0.126 e. The molecular formula is C17H23N3O. The maximum Gasteiger partial charge on any atom is 0.126 e. The third kappa shape index (κ3) is 4.20. The van der Waals surface area contributed by atoms with Gasteiger partial charge >= 0.3 is 0 Å². The summed E-state index contributed by atoms with van der Waals surface area (Å²) in [5.74, 6) is 0.895. The zero-order valence-electron chi connectivity index (χ0n) is 12.9. The Kier molecular flexibility index (Phi) is 5.58. The third-order valence-corrected chi connectivity index (χ3v) is 3.66. The SMILES string of the molecule is COc1ccccc1/C=C\CN[C@H](C)[C@@H](C)n1cccn1. The fourth-order valence-corrected chi connectivity index (χ4v) is 2.17. The van der Waals surface area contributed by atoms with Crippen molar-refractivity contribution in [1.29, 1.82) is 0 Å². The van der Waals surface area contributed by atoms with Crippen molar-refractivity contribution >= 4 is 6.08 Å². The molecule has 0 aliphatic rings. The van der Waals surface area contributed by atoms with Crippen molar-refractivity contribution in [3.63, 3.8) is 0 Å². The number of nitrogens with zero attached hydrogens (tertiary/aromatic N) is 2. The first-order chi connectivity index (χ1) is 10.2. The third-order valence-electron chi connectivity index (χ3n) is 3.66. The van der Waals surface area contributed by atoms with E-state index in [0.29, 0.717) is 12.1 Å². The van der Waals surface area contributed by atoms with E-state index in [1.807, 2.05) is 47.4 Å². The molecule has 0 saturated heterocycles. The van der Waals surface area contributed by atoms with Crippen LogP contribution in [0, 0.1) is 0 Å². The van der Waals surface area contributed by atoms with Gasteiger partial charge in [0.1, 0.15) is 5.75 Å². The fourth-order valence-electron chi connectivity index (χ4n) is 2.17. The van der Waals surface area contributed by atoms with Crippen LogP contribution in [-0.4, -0.2) is 29.5 Å². The van der Waals surface area contributed by atoms with Gasteiger partial charge in [-0.05, 0) is 26.0 Å². The predicted octanol–water partition coefficient (Wildman–Crippen LogP) is 3.14. The van der Waals surface area contributed by atoms with Crippen molar-refractivity contribution < 1.29 is 4.74 Å². The zero-order chi connectivity index (χ0) is 15.1. The minimum absolute atomic E-state index is 0.319. The Balaban J connectivity index is 1.85. The molecule has 112 valence electrons. The lowest BCUT2D eigenvalue weighted by Gasteiger charge is -2.21. The van der Waals surface area contributed by atoms with E-state index in [0.717, 1.165) is 17.9 Å². The Labute approximate surface area is 126 Å². The van der Waals surface area contributed by atoms with E-state index in [9.17, 15) is 0 Å². The van der Waals surface area contributed by atoms with Crippen molar-refractivity contribution in [1.82, 2.24) is 15.1 Å². The van der Waals surface area contributed by atoms with E-state index in [1.165, 1.54) is 0 Å². The van der Waals surface area contributed by atoms with Gasteiger partial charge in [0.05, 0.1) is 13.2 Å². The van der Waals surface area contributed by atoms with Crippen molar-refractivity contribution in [3.8, 4) is 5.75 Å². The molecule has 4 heteroatoms. The molecule has 2 atom stereocenters. The predicted molar refractivity (Wildman–Crippen MR) is 86.4 cm³/mol. The molecule has 2 aromatic rings. The van der Waals surface area contributed by atoms with E-state index in [4.69, 9.17) is 4.74 Å². The highest BCUT2D eigenvalue weighted by Crippen LogP contribution is 2.18. The molecule has 0 saturated carbocycles. The number of hydrogen-bond acceptors (Lipinski definition) is 3.